The second-order valence-electron chi connectivity index (χ2n) is 3.72. The molecule has 0 spiro atoms. The van der Waals surface area contributed by atoms with Crippen molar-refractivity contribution in [2.24, 2.45) is 0 Å². The third kappa shape index (κ3) is 5.49. The first kappa shape index (κ1) is 15.1. The number of nitrogens with one attached hydrogen (secondary N) is 1. The Bertz CT molecular complexity index is 349. The first-order valence-electron chi connectivity index (χ1n) is 5.59. The van der Waals surface area contributed by atoms with E-state index < -0.39 is 0 Å². The standard InChI is InChI=1S/C12H17Cl2NOS/c1-2-5-15-10(7-16)8-17-12-6-9(13)3-4-11(12)14/h3-4,6,10,15-16H,2,5,7-8H2,1H3. The number of aliphatic hydroxyl groups is 1. The van der Waals surface area contributed by atoms with E-state index in [4.69, 9.17) is 23.2 Å². The Labute approximate surface area is 117 Å². The Hall–Kier alpha value is 0.0700. The van der Waals surface area contributed by atoms with Gasteiger partial charge >= 0.3 is 0 Å². The Balaban J connectivity index is 2.50. The highest BCUT2D eigenvalue weighted by molar-refractivity contribution is 7.99. The van der Waals surface area contributed by atoms with E-state index in [0.717, 1.165) is 23.6 Å². The van der Waals surface area contributed by atoms with Gasteiger partial charge in [0.2, 0.25) is 0 Å². The van der Waals surface area contributed by atoms with Crippen LogP contribution >= 0.6 is 35.0 Å². The number of hydrogen-bond donors (Lipinski definition) is 2. The van der Waals surface area contributed by atoms with E-state index in [9.17, 15) is 5.11 Å². The highest BCUT2D eigenvalue weighted by atomic mass is 35.5. The molecule has 1 aromatic rings. The molecule has 1 rings (SSSR count). The Morgan fingerprint density at radius 3 is 2.82 bits per heavy atom. The van der Waals surface area contributed by atoms with E-state index in [1.165, 1.54) is 0 Å². The van der Waals surface area contributed by atoms with E-state index in [1.54, 1.807) is 23.9 Å². The van der Waals surface area contributed by atoms with Gasteiger partial charge < -0.3 is 10.4 Å². The fraction of sp³-hybridized carbons (Fsp3) is 0.500. The van der Waals surface area contributed by atoms with Gasteiger partial charge in [-0.05, 0) is 31.2 Å². The summed E-state index contributed by atoms with van der Waals surface area (Å²) < 4.78 is 0. The maximum atomic E-state index is 9.22. The molecule has 0 heterocycles. The molecule has 96 valence electrons. The van der Waals surface area contributed by atoms with E-state index in [2.05, 4.69) is 12.2 Å². The van der Waals surface area contributed by atoms with Crippen LogP contribution in [-0.2, 0) is 0 Å². The van der Waals surface area contributed by atoms with Crippen molar-refractivity contribution in [3.63, 3.8) is 0 Å². The SMILES string of the molecule is CCCNC(CO)CSc1cc(Cl)ccc1Cl. The Morgan fingerprint density at radius 2 is 2.18 bits per heavy atom. The van der Waals surface area contributed by atoms with Crippen LogP contribution in [-0.4, -0.2) is 30.1 Å². The molecular formula is C12H17Cl2NOS. The van der Waals surface area contributed by atoms with E-state index >= 15 is 0 Å². The Kier molecular flexibility index (Phi) is 7.32. The summed E-state index contributed by atoms with van der Waals surface area (Å²) in [6, 6.07) is 5.50. The first-order valence-corrected chi connectivity index (χ1v) is 7.33. The molecule has 17 heavy (non-hydrogen) atoms. The fourth-order valence-electron chi connectivity index (χ4n) is 1.30. The van der Waals surface area contributed by atoms with Gasteiger partial charge in [0.15, 0.2) is 0 Å². The van der Waals surface area contributed by atoms with Crippen LogP contribution < -0.4 is 5.32 Å². The summed E-state index contributed by atoms with van der Waals surface area (Å²) in [5.74, 6) is 0.774. The molecular weight excluding hydrogens is 277 g/mol. The predicted octanol–water partition coefficient (Wildman–Crippen LogP) is 3.45. The lowest BCUT2D eigenvalue weighted by Crippen LogP contribution is -2.35. The van der Waals surface area contributed by atoms with Crippen molar-refractivity contribution in [3.05, 3.63) is 28.2 Å². The number of hydrogen-bond acceptors (Lipinski definition) is 3. The quantitative estimate of drug-likeness (QED) is 0.756. The number of benzene rings is 1. The zero-order valence-corrected chi connectivity index (χ0v) is 12.1. The van der Waals surface area contributed by atoms with Gasteiger partial charge in [0.05, 0.1) is 11.6 Å². The lowest BCUT2D eigenvalue weighted by Gasteiger charge is -2.15. The van der Waals surface area contributed by atoms with Crippen LogP contribution in [0.3, 0.4) is 0 Å². The van der Waals surface area contributed by atoms with Crippen molar-refractivity contribution in [3.8, 4) is 0 Å². The topological polar surface area (TPSA) is 32.3 Å². The average Bonchev–Trinajstić information content (AvgIpc) is 2.33. The van der Waals surface area contributed by atoms with E-state index in [-0.39, 0.29) is 12.6 Å². The highest BCUT2D eigenvalue weighted by Crippen LogP contribution is 2.30. The van der Waals surface area contributed by atoms with Crippen molar-refractivity contribution in [2.75, 3.05) is 18.9 Å². The van der Waals surface area contributed by atoms with Crippen LogP contribution in [0.2, 0.25) is 10.0 Å². The highest BCUT2D eigenvalue weighted by Gasteiger charge is 2.09. The lowest BCUT2D eigenvalue weighted by molar-refractivity contribution is 0.254. The summed E-state index contributed by atoms with van der Waals surface area (Å²) in [7, 11) is 0. The van der Waals surface area contributed by atoms with Crippen LogP contribution in [0.15, 0.2) is 23.1 Å². The molecule has 0 saturated heterocycles. The van der Waals surface area contributed by atoms with Crippen LogP contribution in [0.1, 0.15) is 13.3 Å². The molecule has 1 aromatic carbocycles. The molecule has 2 nitrogen and oxygen atoms in total. The van der Waals surface area contributed by atoms with Crippen LogP contribution in [0, 0.1) is 0 Å². The number of rotatable bonds is 7. The second kappa shape index (κ2) is 8.22. The molecule has 1 unspecified atom stereocenters. The van der Waals surface area contributed by atoms with Crippen molar-refractivity contribution < 1.29 is 5.11 Å². The van der Waals surface area contributed by atoms with Crippen molar-refractivity contribution in [1.29, 1.82) is 0 Å². The lowest BCUT2D eigenvalue weighted by atomic mass is 10.3. The maximum Gasteiger partial charge on any atom is 0.0592 e. The third-order valence-corrected chi connectivity index (χ3v) is 4.13. The molecule has 0 fully saturated rings. The monoisotopic (exact) mass is 293 g/mol. The van der Waals surface area contributed by atoms with Crippen molar-refractivity contribution in [1.82, 2.24) is 5.32 Å². The van der Waals surface area contributed by atoms with Gasteiger partial charge in [-0.15, -0.1) is 11.8 Å². The minimum atomic E-state index is 0.0926. The summed E-state index contributed by atoms with van der Waals surface area (Å²) in [6.07, 6.45) is 1.05. The molecule has 0 aromatic heterocycles. The molecule has 0 bridgehead atoms. The summed E-state index contributed by atoms with van der Waals surface area (Å²) in [5.41, 5.74) is 0. The molecule has 0 saturated carbocycles. The van der Waals surface area contributed by atoms with Gasteiger partial charge in [-0.3, -0.25) is 0 Å². The van der Waals surface area contributed by atoms with Crippen LogP contribution in [0.25, 0.3) is 0 Å². The molecule has 5 heteroatoms. The van der Waals surface area contributed by atoms with Gasteiger partial charge in [-0.25, -0.2) is 0 Å². The maximum absolute atomic E-state index is 9.22. The zero-order valence-electron chi connectivity index (χ0n) is 9.75. The molecule has 0 aliphatic heterocycles. The second-order valence-corrected chi connectivity index (χ2v) is 5.62. The minimum absolute atomic E-state index is 0.0926. The van der Waals surface area contributed by atoms with Gasteiger partial charge in [0.1, 0.15) is 0 Å². The molecule has 2 N–H and O–H groups in total. The smallest absolute Gasteiger partial charge is 0.0592 e. The van der Waals surface area contributed by atoms with Gasteiger partial charge in [0.25, 0.3) is 0 Å². The fourth-order valence-corrected chi connectivity index (χ4v) is 2.84. The molecule has 0 aliphatic rings. The molecule has 0 amide bonds. The summed E-state index contributed by atoms with van der Waals surface area (Å²) >= 11 is 13.6. The third-order valence-electron chi connectivity index (χ3n) is 2.24. The largest absolute Gasteiger partial charge is 0.395 e. The normalized spacial score (nSPS) is 12.7. The molecule has 0 aliphatic carbocycles. The van der Waals surface area contributed by atoms with E-state index in [0.29, 0.717) is 10.0 Å². The average molecular weight is 294 g/mol. The summed E-state index contributed by atoms with van der Waals surface area (Å²) in [5, 5.41) is 13.9. The van der Waals surface area contributed by atoms with Gasteiger partial charge in [-0.1, -0.05) is 30.1 Å². The van der Waals surface area contributed by atoms with Crippen LogP contribution in [0.4, 0.5) is 0 Å². The van der Waals surface area contributed by atoms with Crippen molar-refractivity contribution >= 4 is 35.0 Å². The number of aliphatic hydroxyl groups excluding tert-OH is 1. The number of thioether (sulfide) groups is 1. The van der Waals surface area contributed by atoms with Crippen LogP contribution in [0.5, 0.6) is 0 Å². The molecule has 0 radical (unpaired) electrons. The van der Waals surface area contributed by atoms with E-state index in [1.807, 2.05) is 6.07 Å². The Morgan fingerprint density at radius 1 is 1.41 bits per heavy atom. The number of halogens is 2. The minimum Gasteiger partial charge on any atom is -0.395 e. The van der Waals surface area contributed by atoms with Gasteiger partial charge in [-0.2, -0.15) is 0 Å². The van der Waals surface area contributed by atoms with Gasteiger partial charge in [0, 0.05) is 21.7 Å². The molecule has 1 atom stereocenters. The summed E-state index contributed by atoms with van der Waals surface area (Å²) in [4.78, 5) is 0.955. The zero-order chi connectivity index (χ0) is 12.7. The van der Waals surface area contributed by atoms with Crippen molar-refractivity contribution in [2.45, 2.75) is 24.3 Å². The summed E-state index contributed by atoms with van der Waals surface area (Å²) in [6.45, 7) is 3.14. The first-order chi connectivity index (χ1) is 8.17. The predicted molar refractivity (Wildman–Crippen MR) is 76.4 cm³/mol.